The molecule has 3 heterocycles. The number of piperidine rings is 1. The quantitative estimate of drug-likeness (QED) is 0.693. The molecular formula is C27H34N2O3. The minimum absolute atomic E-state index is 0.221. The highest BCUT2D eigenvalue weighted by Crippen LogP contribution is 2.46. The van der Waals surface area contributed by atoms with Crippen molar-refractivity contribution in [1.29, 1.82) is 0 Å². The van der Waals surface area contributed by atoms with E-state index in [0.717, 1.165) is 88.1 Å². The summed E-state index contributed by atoms with van der Waals surface area (Å²) < 4.78 is 11.5. The number of aromatic nitrogens is 1. The van der Waals surface area contributed by atoms with Crippen molar-refractivity contribution in [3.8, 4) is 5.75 Å². The Balaban J connectivity index is 1.24. The molecular weight excluding hydrogens is 400 g/mol. The molecule has 5 heteroatoms. The van der Waals surface area contributed by atoms with E-state index in [9.17, 15) is 4.79 Å². The molecule has 2 aliphatic heterocycles. The van der Waals surface area contributed by atoms with Crippen LogP contribution in [0.5, 0.6) is 5.75 Å². The van der Waals surface area contributed by atoms with Gasteiger partial charge in [-0.15, -0.1) is 0 Å². The fourth-order valence-corrected chi connectivity index (χ4v) is 6.13. The molecule has 3 fully saturated rings. The van der Waals surface area contributed by atoms with Gasteiger partial charge in [-0.2, -0.15) is 0 Å². The van der Waals surface area contributed by atoms with Gasteiger partial charge < -0.3 is 14.4 Å². The zero-order chi connectivity index (χ0) is 22.0. The van der Waals surface area contributed by atoms with Crippen LogP contribution >= 0.6 is 0 Å². The van der Waals surface area contributed by atoms with E-state index in [4.69, 9.17) is 9.47 Å². The van der Waals surface area contributed by atoms with Crippen molar-refractivity contribution in [2.45, 2.75) is 62.9 Å². The number of carbonyl (C=O) groups excluding carboxylic acids is 1. The van der Waals surface area contributed by atoms with E-state index >= 15 is 0 Å². The first-order chi connectivity index (χ1) is 15.6. The highest BCUT2D eigenvalue weighted by molar-refractivity contribution is 5.88. The number of hydrogen-bond donors (Lipinski definition) is 0. The summed E-state index contributed by atoms with van der Waals surface area (Å²) in [6.45, 7) is 2.50. The monoisotopic (exact) mass is 434 g/mol. The summed E-state index contributed by atoms with van der Waals surface area (Å²) in [5.74, 6) is 1.18. The number of hydrogen-bond acceptors (Lipinski definition) is 4. The standard InChI is InChI=1S/C27H34N2O3/c1-31-23-9-7-21(8-10-23)27(11-3-4-12-27)25(30)29-16-13-26(14-17-29)19-24(32-20-26)18-22-6-2-5-15-28-22/h2,5-10,15,24H,3-4,11-14,16-20H2,1H3/t24-/m1/s1. The maximum atomic E-state index is 13.8. The molecule has 1 amide bonds. The lowest BCUT2D eigenvalue weighted by molar-refractivity contribution is -0.139. The number of ether oxygens (including phenoxy) is 2. The van der Waals surface area contributed by atoms with Gasteiger partial charge in [0.25, 0.3) is 0 Å². The topological polar surface area (TPSA) is 51.7 Å². The summed E-state index contributed by atoms with van der Waals surface area (Å²) in [6, 6.07) is 14.3. The molecule has 0 N–H and O–H groups in total. The average molecular weight is 435 g/mol. The Morgan fingerprint density at radius 2 is 1.84 bits per heavy atom. The molecule has 5 rings (SSSR count). The summed E-state index contributed by atoms with van der Waals surface area (Å²) in [7, 11) is 1.68. The largest absolute Gasteiger partial charge is 0.497 e. The highest BCUT2D eigenvalue weighted by atomic mass is 16.5. The zero-order valence-electron chi connectivity index (χ0n) is 19.1. The Kier molecular flexibility index (Phi) is 5.93. The predicted octanol–water partition coefficient (Wildman–Crippen LogP) is 4.54. The number of carbonyl (C=O) groups is 1. The molecule has 2 aromatic rings. The molecule has 0 radical (unpaired) electrons. The Labute approximate surface area is 191 Å². The second-order valence-corrected chi connectivity index (χ2v) is 9.97. The maximum absolute atomic E-state index is 13.8. The summed E-state index contributed by atoms with van der Waals surface area (Å²) in [4.78, 5) is 20.4. The Morgan fingerprint density at radius 3 is 2.50 bits per heavy atom. The highest BCUT2D eigenvalue weighted by Gasteiger charge is 2.48. The molecule has 170 valence electrons. The molecule has 1 aromatic carbocycles. The van der Waals surface area contributed by atoms with E-state index < -0.39 is 0 Å². The van der Waals surface area contributed by atoms with Gasteiger partial charge in [0.15, 0.2) is 0 Å². The first-order valence-electron chi connectivity index (χ1n) is 12.1. The van der Waals surface area contributed by atoms with Gasteiger partial charge in [0.1, 0.15) is 5.75 Å². The van der Waals surface area contributed by atoms with Gasteiger partial charge in [-0.3, -0.25) is 9.78 Å². The normalized spacial score (nSPS) is 24.0. The van der Waals surface area contributed by atoms with Crippen molar-refractivity contribution < 1.29 is 14.3 Å². The van der Waals surface area contributed by atoms with Crippen molar-refractivity contribution in [3.05, 3.63) is 59.9 Å². The third kappa shape index (κ3) is 4.03. The molecule has 1 aliphatic carbocycles. The van der Waals surface area contributed by atoms with E-state index in [-0.39, 0.29) is 16.9 Å². The van der Waals surface area contributed by atoms with E-state index in [1.54, 1.807) is 7.11 Å². The molecule has 0 unspecified atom stereocenters. The molecule has 1 spiro atoms. The third-order valence-electron chi connectivity index (χ3n) is 8.07. The first-order valence-corrected chi connectivity index (χ1v) is 12.1. The summed E-state index contributed by atoms with van der Waals surface area (Å²) >= 11 is 0. The van der Waals surface area contributed by atoms with E-state index in [1.165, 1.54) is 0 Å². The van der Waals surface area contributed by atoms with Crippen molar-refractivity contribution in [1.82, 2.24) is 9.88 Å². The van der Waals surface area contributed by atoms with Crippen LogP contribution < -0.4 is 4.74 Å². The fraction of sp³-hybridized carbons (Fsp3) is 0.556. The van der Waals surface area contributed by atoms with E-state index in [2.05, 4.69) is 28.1 Å². The van der Waals surface area contributed by atoms with Gasteiger partial charge in [-0.25, -0.2) is 0 Å². The number of rotatable bonds is 5. The first kappa shape index (κ1) is 21.4. The SMILES string of the molecule is COc1ccc(C2(C(=O)N3CCC4(CC3)CO[C@H](Cc3ccccn3)C4)CCCC2)cc1. The lowest BCUT2D eigenvalue weighted by atomic mass is 9.74. The maximum Gasteiger partial charge on any atom is 0.233 e. The molecule has 1 atom stereocenters. The van der Waals surface area contributed by atoms with Crippen molar-refractivity contribution in [3.63, 3.8) is 0 Å². The van der Waals surface area contributed by atoms with Crippen LogP contribution in [-0.4, -0.2) is 48.7 Å². The fourth-order valence-electron chi connectivity index (χ4n) is 6.13. The minimum Gasteiger partial charge on any atom is -0.497 e. The minimum atomic E-state index is -0.357. The smallest absolute Gasteiger partial charge is 0.233 e. The summed E-state index contributed by atoms with van der Waals surface area (Å²) in [5, 5.41) is 0. The van der Waals surface area contributed by atoms with Crippen molar-refractivity contribution >= 4 is 5.91 Å². The summed E-state index contributed by atoms with van der Waals surface area (Å²) in [6.07, 6.45) is 10.3. The number of pyridine rings is 1. The van der Waals surface area contributed by atoms with Crippen LogP contribution in [-0.2, 0) is 21.4 Å². The van der Waals surface area contributed by atoms with Crippen LogP contribution in [0.2, 0.25) is 0 Å². The Morgan fingerprint density at radius 1 is 1.09 bits per heavy atom. The molecule has 0 bridgehead atoms. The van der Waals surface area contributed by atoms with Crippen LogP contribution in [0.1, 0.15) is 56.2 Å². The molecule has 2 saturated heterocycles. The zero-order valence-corrected chi connectivity index (χ0v) is 19.1. The van der Waals surface area contributed by atoms with Crippen molar-refractivity contribution in [2.75, 3.05) is 26.8 Å². The van der Waals surface area contributed by atoms with Gasteiger partial charge in [0.05, 0.1) is 25.2 Å². The number of nitrogens with zero attached hydrogens (tertiary/aromatic N) is 2. The Hall–Kier alpha value is -2.40. The van der Waals surface area contributed by atoms with Gasteiger partial charge in [0, 0.05) is 31.4 Å². The van der Waals surface area contributed by atoms with Crippen LogP contribution in [0.15, 0.2) is 48.7 Å². The van der Waals surface area contributed by atoms with Crippen LogP contribution in [0, 0.1) is 5.41 Å². The number of methoxy groups -OCH3 is 1. The van der Waals surface area contributed by atoms with E-state index in [1.807, 2.05) is 30.5 Å². The molecule has 1 saturated carbocycles. The molecule has 3 aliphatic rings. The second kappa shape index (κ2) is 8.86. The van der Waals surface area contributed by atoms with Gasteiger partial charge >= 0.3 is 0 Å². The van der Waals surface area contributed by atoms with Crippen LogP contribution in [0.4, 0.5) is 0 Å². The average Bonchev–Trinajstić information content (AvgIpc) is 3.49. The van der Waals surface area contributed by atoms with Gasteiger partial charge in [0.2, 0.25) is 5.91 Å². The second-order valence-electron chi connectivity index (χ2n) is 9.97. The molecule has 1 aromatic heterocycles. The lowest BCUT2D eigenvalue weighted by Crippen LogP contribution is -2.50. The number of benzene rings is 1. The van der Waals surface area contributed by atoms with Crippen molar-refractivity contribution in [2.24, 2.45) is 5.41 Å². The lowest BCUT2D eigenvalue weighted by Gasteiger charge is -2.42. The number of likely N-dealkylation sites (tertiary alicyclic amines) is 1. The van der Waals surface area contributed by atoms with Gasteiger partial charge in [-0.05, 0) is 67.3 Å². The third-order valence-corrected chi connectivity index (χ3v) is 8.07. The van der Waals surface area contributed by atoms with Crippen LogP contribution in [0.3, 0.4) is 0 Å². The predicted molar refractivity (Wildman–Crippen MR) is 124 cm³/mol. The van der Waals surface area contributed by atoms with Gasteiger partial charge in [-0.1, -0.05) is 31.0 Å². The number of amides is 1. The molecule has 5 nitrogen and oxygen atoms in total. The summed E-state index contributed by atoms with van der Waals surface area (Å²) in [5.41, 5.74) is 2.12. The Bertz CT molecular complexity index is 914. The molecule has 32 heavy (non-hydrogen) atoms. The van der Waals surface area contributed by atoms with E-state index in [0.29, 0.717) is 5.91 Å². The van der Waals surface area contributed by atoms with Crippen LogP contribution in [0.25, 0.3) is 0 Å².